The summed E-state index contributed by atoms with van der Waals surface area (Å²) in [6, 6.07) is 16.3. The minimum atomic E-state index is -0.255. The molecule has 0 aliphatic carbocycles. The fourth-order valence-electron chi connectivity index (χ4n) is 3.87. The van der Waals surface area contributed by atoms with Crippen LogP contribution in [-0.2, 0) is 0 Å². The van der Waals surface area contributed by atoms with Crippen LogP contribution in [0.15, 0.2) is 60.0 Å². The molecule has 2 heterocycles. The molecule has 8 heteroatoms. The predicted octanol–water partition coefficient (Wildman–Crippen LogP) is 5.87. The van der Waals surface area contributed by atoms with Gasteiger partial charge in [-0.3, -0.25) is 14.5 Å². The molecule has 1 fully saturated rings. The van der Waals surface area contributed by atoms with E-state index in [1.807, 2.05) is 35.7 Å². The summed E-state index contributed by atoms with van der Waals surface area (Å²) in [6.45, 7) is 2.44. The summed E-state index contributed by atoms with van der Waals surface area (Å²) in [5.41, 5.74) is 1.92. The van der Waals surface area contributed by atoms with Gasteiger partial charge in [0, 0.05) is 17.1 Å². The van der Waals surface area contributed by atoms with E-state index in [4.69, 9.17) is 23.2 Å². The highest BCUT2D eigenvalue weighted by molar-refractivity contribution is 7.12. The Bertz CT molecular complexity index is 1100. The number of hydrogen-bond donors (Lipinski definition) is 2. The monoisotopic (exact) mass is 487 g/mol. The number of benzene rings is 2. The lowest BCUT2D eigenvalue weighted by atomic mass is 10.1. The molecule has 0 saturated carbocycles. The lowest BCUT2D eigenvalue weighted by molar-refractivity contribution is 0.0937. The second kappa shape index (κ2) is 10.5. The average Bonchev–Trinajstić information content (AvgIpc) is 3.50. The maximum Gasteiger partial charge on any atom is 0.265 e. The number of nitrogens with zero attached hydrogens (tertiary/aromatic N) is 1. The molecule has 2 amide bonds. The standard InChI is InChI=1S/C24H23Cl2N3O2S/c25-18-6-3-5-16(13-18)21(29-10-1-2-11-29)15-27-23(30)17-8-9-19(26)20(14-17)28-24(31)22-7-4-12-32-22/h3-9,12-14,21H,1-2,10-11,15H2,(H,27,30)(H,28,31)/t21-/m0/s1. The van der Waals surface area contributed by atoms with Crippen LogP contribution in [0.25, 0.3) is 0 Å². The molecule has 1 aliphatic rings. The highest BCUT2D eigenvalue weighted by Crippen LogP contribution is 2.27. The molecule has 1 aliphatic heterocycles. The Kier molecular flexibility index (Phi) is 7.48. The molecule has 1 aromatic heterocycles. The Balaban J connectivity index is 1.47. The number of carbonyl (C=O) groups excluding carboxylic acids is 2. The zero-order valence-electron chi connectivity index (χ0n) is 17.3. The van der Waals surface area contributed by atoms with Crippen molar-refractivity contribution in [2.75, 3.05) is 25.0 Å². The largest absolute Gasteiger partial charge is 0.350 e. The SMILES string of the molecule is O=C(NC[C@@H](c1cccc(Cl)c1)N1CCCC1)c1ccc(Cl)c(NC(=O)c2cccs2)c1. The highest BCUT2D eigenvalue weighted by Gasteiger charge is 2.24. The van der Waals surface area contributed by atoms with Gasteiger partial charge >= 0.3 is 0 Å². The first-order valence-corrected chi connectivity index (χ1v) is 12.1. The summed E-state index contributed by atoms with van der Waals surface area (Å²) in [5, 5.41) is 8.72. The Hall–Kier alpha value is -2.38. The van der Waals surface area contributed by atoms with E-state index >= 15 is 0 Å². The van der Waals surface area contributed by atoms with Crippen molar-refractivity contribution in [2.45, 2.75) is 18.9 Å². The van der Waals surface area contributed by atoms with Crippen molar-refractivity contribution in [3.63, 3.8) is 0 Å². The van der Waals surface area contributed by atoms with E-state index < -0.39 is 0 Å². The van der Waals surface area contributed by atoms with E-state index in [2.05, 4.69) is 15.5 Å². The summed E-state index contributed by atoms with van der Waals surface area (Å²) in [5.74, 6) is -0.478. The first kappa shape index (κ1) is 22.8. The molecule has 4 rings (SSSR count). The summed E-state index contributed by atoms with van der Waals surface area (Å²) in [7, 11) is 0. The highest BCUT2D eigenvalue weighted by atomic mass is 35.5. The van der Waals surface area contributed by atoms with Crippen LogP contribution in [0.4, 0.5) is 5.69 Å². The Morgan fingerprint density at radius 2 is 1.81 bits per heavy atom. The summed E-state index contributed by atoms with van der Waals surface area (Å²) in [4.78, 5) is 28.3. The van der Waals surface area contributed by atoms with Gasteiger partial charge in [-0.05, 0) is 73.3 Å². The molecular formula is C24H23Cl2N3O2S. The van der Waals surface area contributed by atoms with Crippen LogP contribution in [0, 0.1) is 0 Å². The van der Waals surface area contributed by atoms with E-state index in [0.717, 1.165) is 31.5 Å². The molecule has 166 valence electrons. The van der Waals surface area contributed by atoms with E-state index in [0.29, 0.717) is 32.7 Å². The molecule has 2 N–H and O–H groups in total. The van der Waals surface area contributed by atoms with Crippen LogP contribution in [-0.4, -0.2) is 36.3 Å². The number of amides is 2. The number of thiophene rings is 1. The topological polar surface area (TPSA) is 61.4 Å². The van der Waals surface area contributed by atoms with Gasteiger partial charge in [-0.15, -0.1) is 11.3 Å². The predicted molar refractivity (Wildman–Crippen MR) is 131 cm³/mol. The molecule has 3 aromatic rings. The van der Waals surface area contributed by atoms with Gasteiger partial charge in [0.15, 0.2) is 0 Å². The lowest BCUT2D eigenvalue weighted by Crippen LogP contribution is -2.36. The number of anilines is 1. The van der Waals surface area contributed by atoms with E-state index in [1.54, 1.807) is 24.3 Å². The number of nitrogens with one attached hydrogen (secondary N) is 2. The average molecular weight is 488 g/mol. The molecule has 2 aromatic carbocycles. The van der Waals surface area contributed by atoms with Crippen molar-refractivity contribution in [1.29, 1.82) is 0 Å². The van der Waals surface area contributed by atoms with Gasteiger partial charge in [0.25, 0.3) is 11.8 Å². The number of rotatable bonds is 7. The van der Waals surface area contributed by atoms with Crippen molar-refractivity contribution in [1.82, 2.24) is 10.2 Å². The Morgan fingerprint density at radius 1 is 1.00 bits per heavy atom. The number of likely N-dealkylation sites (tertiary alicyclic amines) is 1. The third-order valence-corrected chi connectivity index (χ3v) is 6.93. The van der Waals surface area contributed by atoms with Crippen LogP contribution in [0.1, 0.15) is 44.5 Å². The van der Waals surface area contributed by atoms with Gasteiger partial charge in [-0.1, -0.05) is 41.4 Å². The fraction of sp³-hybridized carbons (Fsp3) is 0.250. The molecule has 5 nitrogen and oxygen atoms in total. The van der Waals surface area contributed by atoms with E-state index in [-0.39, 0.29) is 17.9 Å². The Morgan fingerprint density at radius 3 is 2.53 bits per heavy atom. The van der Waals surface area contributed by atoms with Crippen LogP contribution in [0.2, 0.25) is 10.0 Å². The third-order valence-electron chi connectivity index (χ3n) is 5.49. The molecule has 0 radical (unpaired) electrons. The van der Waals surface area contributed by atoms with Gasteiger partial charge < -0.3 is 10.6 Å². The van der Waals surface area contributed by atoms with Crippen molar-refractivity contribution in [2.24, 2.45) is 0 Å². The summed E-state index contributed by atoms with van der Waals surface area (Å²) >= 11 is 13.8. The van der Waals surface area contributed by atoms with Gasteiger partial charge in [-0.25, -0.2) is 0 Å². The van der Waals surface area contributed by atoms with Crippen molar-refractivity contribution < 1.29 is 9.59 Å². The molecule has 0 spiro atoms. The van der Waals surface area contributed by atoms with Crippen LogP contribution < -0.4 is 10.6 Å². The fourth-order valence-corrected chi connectivity index (χ4v) is 4.85. The minimum Gasteiger partial charge on any atom is -0.350 e. The minimum absolute atomic E-state index is 0.0467. The Labute approximate surface area is 201 Å². The lowest BCUT2D eigenvalue weighted by Gasteiger charge is -2.28. The summed E-state index contributed by atoms with van der Waals surface area (Å²) < 4.78 is 0. The molecular weight excluding hydrogens is 465 g/mol. The van der Waals surface area contributed by atoms with Crippen molar-refractivity contribution in [3.05, 3.63) is 86.0 Å². The molecule has 1 saturated heterocycles. The molecule has 32 heavy (non-hydrogen) atoms. The van der Waals surface area contributed by atoms with Crippen LogP contribution in [0.3, 0.4) is 0 Å². The van der Waals surface area contributed by atoms with E-state index in [9.17, 15) is 9.59 Å². The van der Waals surface area contributed by atoms with Gasteiger partial charge in [-0.2, -0.15) is 0 Å². The van der Waals surface area contributed by atoms with E-state index in [1.165, 1.54) is 11.3 Å². The second-order valence-corrected chi connectivity index (χ2v) is 9.44. The zero-order valence-corrected chi connectivity index (χ0v) is 19.6. The number of hydrogen-bond acceptors (Lipinski definition) is 4. The van der Waals surface area contributed by atoms with Crippen molar-refractivity contribution in [3.8, 4) is 0 Å². The first-order chi connectivity index (χ1) is 15.5. The smallest absolute Gasteiger partial charge is 0.265 e. The first-order valence-electron chi connectivity index (χ1n) is 10.4. The quantitative estimate of drug-likeness (QED) is 0.437. The number of carbonyl (C=O) groups is 2. The molecule has 0 bridgehead atoms. The van der Waals surface area contributed by atoms with Gasteiger partial charge in [0.05, 0.1) is 21.6 Å². The zero-order chi connectivity index (χ0) is 22.5. The second-order valence-electron chi connectivity index (χ2n) is 7.65. The normalized spacial score (nSPS) is 14.8. The van der Waals surface area contributed by atoms with Gasteiger partial charge in [0.2, 0.25) is 0 Å². The maximum absolute atomic E-state index is 12.9. The van der Waals surface area contributed by atoms with Crippen molar-refractivity contribution >= 4 is 52.0 Å². The maximum atomic E-state index is 12.9. The molecule has 1 atom stereocenters. The number of halogens is 2. The molecule has 0 unspecified atom stereocenters. The van der Waals surface area contributed by atoms with Crippen LogP contribution >= 0.6 is 34.5 Å². The van der Waals surface area contributed by atoms with Crippen LogP contribution in [0.5, 0.6) is 0 Å². The third kappa shape index (κ3) is 5.51. The summed E-state index contributed by atoms with van der Waals surface area (Å²) in [6.07, 6.45) is 2.30. The van der Waals surface area contributed by atoms with Gasteiger partial charge in [0.1, 0.15) is 0 Å².